The van der Waals surface area contributed by atoms with Gasteiger partial charge >= 0.3 is 5.97 Å². The molecule has 0 saturated carbocycles. The summed E-state index contributed by atoms with van der Waals surface area (Å²) in [6.07, 6.45) is 2.86. The summed E-state index contributed by atoms with van der Waals surface area (Å²) in [6.45, 7) is 3.87. The number of oxazole rings is 1. The van der Waals surface area contributed by atoms with Crippen molar-refractivity contribution in [1.82, 2.24) is 14.5 Å². The third-order valence-corrected chi connectivity index (χ3v) is 4.35. The van der Waals surface area contributed by atoms with Gasteiger partial charge < -0.3 is 14.5 Å². The van der Waals surface area contributed by atoms with Gasteiger partial charge in [0.2, 0.25) is 5.95 Å². The van der Waals surface area contributed by atoms with E-state index in [9.17, 15) is 4.79 Å². The number of fused-ring (bicyclic) bond motifs is 3. The van der Waals surface area contributed by atoms with Crippen LogP contribution >= 0.6 is 11.6 Å². The maximum atomic E-state index is 12.6. The zero-order chi connectivity index (χ0) is 17.6. The van der Waals surface area contributed by atoms with Gasteiger partial charge in [-0.15, -0.1) is 0 Å². The summed E-state index contributed by atoms with van der Waals surface area (Å²) < 4.78 is 12.3. The quantitative estimate of drug-likeness (QED) is 0.721. The van der Waals surface area contributed by atoms with E-state index in [2.05, 4.69) is 15.3 Å². The number of imidazole rings is 1. The van der Waals surface area contributed by atoms with Crippen molar-refractivity contribution in [3.63, 3.8) is 0 Å². The maximum Gasteiger partial charge on any atom is 0.338 e. The van der Waals surface area contributed by atoms with E-state index in [1.165, 1.54) is 12.7 Å². The molecule has 2 aromatic heterocycles. The molecule has 0 radical (unpaired) electrons. The molecule has 0 unspecified atom stereocenters. The molecule has 3 aromatic rings. The molecule has 1 atom stereocenters. The van der Waals surface area contributed by atoms with Gasteiger partial charge in [-0.3, -0.25) is 4.57 Å². The number of aromatic nitrogens is 3. The Kier molecular flexibility index (Phi) is 3.73. The first-order valence-corrected chi connectivity index (χ1v) is 8.18. The molecule has 3 heterocycles. The molecule has 4 rings (SSSR count). The van der Waals surface area contributed by atoms with Gasteiger partial charge in [-0.2, -0.15) is 0 Å². The van der Waals surface area contributed by atoms with Crippen molar-refractivity contribution in [2.24, 2.45) is 0 Å². The van der Waals surface area contributed by atoms with Crippen molar-refractivity contribution < 1.29 is 13.9 Å². The minimum atomic E-state index is -0.500. The largest absolute Gasteiger partial charge is 0.463 e. The molecule has 0 spiro atoms. The van der Waals surface area contributed by atoms with E-state index in [0.29, 0.717) is 27.9 Å². The standard InChI is InChI=1S/C17H15ClN4O3/c1-3-25-16(23)14-9(2)20-17-21-11-6-10(18)4-5-13(11)22(17)15(14)12-7-24-8-19-12/h4-8,15H,3H2,1-2H3,(H,20,21)/t15-/m1/s1. The number of allylic oxidation sites excluding steroid dienone is 1. The summed E-state index contributed by atoms with van der Waals surface area (Å²) in [7, 11) is 0. The fourth-order valence-corrected chi connectivity index (χ4v) is 3.27. The SMILES string of the molecule is CCOC(=O)C1=C(C)Nc2nc3cc(Cl)ccc3n2[C@@H]1c1cocn1. The normalized spacial score (nSPS) is 16.7. The lowest BCUT2D eigenvalue weighted by Gasteiger charge is -2.28. The van der Waals surface area contributed by atoms with Crippen LogP contribution in [0.2, 0.25) is 5.02 Å². The van der Waals surface area contributed by atoms with Gasteiger partial charge in [0.15, 0.2) is 6.39 Å². The predicted octanol–water partition coefficient (Wildman–Crippen LogP) is 3.53. The third-order valence-electron chi connectivity index (χ3n) is 4.11. The molecule has 1 aromatic carbocycles. The van der Waals surface area contributed by atoms with Crippen molar-refractivity contribution in [1.29, 1.82) is 0 Å². The molecule has 1 N–H and O–H groups in total. The summed E-state index contributed by atoms with van der Waals surface area (Å²) in [4.78, 5) is 21.4. The first-order chi connectivity index (χ1) is 12.1. The Morgan fingerprint density at radius 2 is 2.32 bits per heavy atom. The highest BCUT2D eigenvalue weighted by atomic mass is 35.5. The number of carbonyl (C=O) groups excluding carboxylic acids is 1. The molecule has 7 nitrogen and oxygen atoms in total. The van der Waals surface area contributed by atoms with Crippen LogP contribution in [-0.4, -0.2) is 27.1 Å². The van der Waals surface area contributed by atoms with Crippen LogP contribution in [0.5, 0.6) is 0 Å². The van der Waals surface area contributed by atoms with Crippen LogP contribution in [0.4, 0.5) is 5.95 Å². The lowest BCUT2D eigenvalue weighted by molar-refractivity contribution is -0.139. The predicted molar refractivity (Wildman–Crippen MR) is 92.3 cm³/mol. The highest BCUT2D eigenvalue weighted by Crippen LogP contribution is 2.39. The van der Waals surface area contributed by atoms with E-state index in [0.717, 1.165) is 11.0 Å². The first kappa shape index (κ1) is 15.7. The van der Waals surface area contributed by atoms with Crippen LogP contribution in [0.25, 0.3) is 11.0 Å². The average molecular weight is 359 g/mol. The maximum absolute atomic E-state index is 12.6. The van der Waals surface area contributed by atoms with Crippen LogP contribution < -0.4 is 5.32 Å². The summed E-state index contributed by atoms with van der Waals surface area (Å²) in [5.41, 5.74) is 3.29. The summed E-state index contributed by atoms with van der Waals surface area (Å²) >= 11 is 6.09. The molecule has 8 heteroatoms. The first-order valence-electron chi connectivity index (χ1n) is 7.80. The molecule has 1 aliphatic rings. The molecule has 1 aliphatic heterocycles. The highest BCUT2D eigenvalue weighted by molar-refractivity contribution is 6.31. The molecule has 25 heavy (non-hydrogen) atoms. The van der Waals surface area contributed by atoms with Gasteiger partial charge in [0.1, 0.15) is 18.0 Å². The van der Waals surface area contributed by atoms with Crippen molar-refractivity contribution in [2.75, 3.05) is 11.9 Å². The zero-order valence-electron chi connectivity index (χ0n) is 13.6. The van der Waals surface area contributed by atoms with E-state index >= 15 is 0 Å². The number of nitrogens with zero attached hydrogens (tertiary/aromatic N) is 3. The lowest BCUT2D eigenvalue weighted by atomic mass is 10.00. The molecule has 0 amide bonds. The Hall–Kier alpha value is -2.80. The van der Waals surface area contributed by atoms with Crippen molar-refractivity contribution >= 4 is 34.6 Å². The fraction of sp³-hybridized carbons (Fsp3) is 0.235. The number of benzene rings is 1. The molecular weight excluding hydrogens is 344 g/mol. The van der Waals surface area contributed by atoms with Crippen LogP contribution in [0.3, 0.4) is 0 Å². The van der Waals surface area contributed by atoms with E-state index in [1.54, 1.807) is 19.1 Å². The fourth-order valence-electron chi connectivity index (χ4n) is 3.10. The van der Waals surface area contributed by atoms with E-state index in [4.69, 9.17) is 20.8 Å². The Morgan fingerprint density at radius 3 is 3.04 bits per heavy atom. The molecular formula is C17H15ClN4O3. The number of ether oxygens (including phenoxy) is 1. The number of esters is 1. The zero-order valence-corrected chi connectivity index (χ0v) is 14.4. The average Bonchev–Trinajstić information content (AvgIpc) is 3.20. The minimum absolute atomic E-state index is 0.286. The van der Waals surface area contributed by atoms with E-state index in [-0.39, 0.29) is 6.61 Å². The van der Waals surface area contributed by atoms with Crippen LogP contribution in [0.15, 0.2) is 46.5 Å². The number of carbonyl (C=O) groups is 1. The van der Waals surface area contributed by atoms with Crippen LogP contribution in [0.1, 0.15) is 25.6 Å². The van der Waals surface area contributed by atoms with Gasteiger partial charge in [0.25, 0.3) is 0 Å². The van der Waals surface area contributed by atoms with Crippen molar-refractivity contribution in [3.05, 3.63) is 52.8 Å². The summed E-state index contributed by atoms with van der Waals surface area (Å²) in [5.74, 6) is 0.206. The van der Waals surface area contributed by atoms with E-state index < -0.39 is 12.0 Å². The Labute approximate surface area is 148 Å². The molecule has 0 saturated heterocycles. The van der Waals surface area contributed by atoms with Gasteiger partial charge in [-0.25, -0.2) is 14.8 Å². The monoisotopic (exact) mass is 358 g/mol. The number of nitrogens with one attached hydrogen (secondary N) is 1. The molecule has 0 aliphatic carbocycles. The van der Waals surface area contributed by atoms with Gasteiger partial charge in [0, 0.05) is 10.7 Å². The lowest BCUT2D eigenvalue weighted by Crippen LogP contribution is -2.29. The third kappa shape index (κ3) is 2.47. The topological polar surface area (TPSA) is 82.2 Å². The highest BCUT2D eigenvalue weighted by Gasteiger charge is 2.36. The number of rotatable bonds is 3. The van der Waals surface area contributed by atoms with Crippen LogP contribution in [0, 0.1) is 0 Å². The van der Waals surface area contributed by atoms with Gasteiger partial charge in [-0.1, -0.05) is 11.6 Å². The van der Waals surface area contributed by atoms with Crippen LogP contribution in [-0.2, 0) is 9.53 Å². The second-order valence-electron chi connectivity index (χ2n) is 5.64. The number of hydrogen-bond acceptors (Lipinski definition) is 6. The Balaban J connectivity index is 1.97. The Morgan fingerprint density at radius 1 is 1.48 bits per heavy atom. The smallest absolute Gasteiger partial charge is 0.338 e. The molecule has 128 valence electrons. The van der Waals surface area contributed by atoms with E-state index in [1.807, 2.05) is 17.6 Å². The number of halogens is 1. The Bertz CT molecular complexity index is 991. The van der Waals surface area contributed by atoms with Crippen molar-refractivity contribution in [3.8, 4) is 0 Å². The second kappa shape index (κ2) is 5.93. The van der Waals surface area contributed by atoms with Gasteiger partial charge in [-0.05, 0) is 32.0 Å². The second-order valence-corrected chi connectivity index (χ2v) is 6.07. The number of anilines is 1. The molecule has 0 fully saturated rings. The summed E-state index contributed by atoms with van der Waals surface area (Å²) in [5, 5.41) is 3.77. The molecule has 0 bridgehead atoms. The number of hydrogen-bond donors (Lipinski definition) is 1. The van der Waals surface area contributed by atoms with Gasteiger partial charge in [0.05, 0.1) is 23.2 Å². The minimum Gasteiger partial charge on any atom is -0.463 e. The van der Waals surface area contributed by atoms with Crippen molar-refractivity contribution in [2.45, 2.75) is 19.9 Å². The summed E-state index contributed by atoms with van der Waals surface area (Å²) in [6, 6.07) is 4.93.